The second-order valence-corrected chi connectivity index (χ2v) is 7.08. The number of rotatable bonds is 3. The molecule has 0 spiro atoms. The second-order valence-electron chi connectivity index (χ2n) is 6.13. The number of nitrogens with one attached hydrogen (secondary N) is 1. The van der Waals surface area contributed by atoms with Gasteiger partial charge in [-0.15, -0.1) is 11.3 Å². The summed E-state index contributed by atoms with van der Waals surface area (Å²) in [5.74, 6) is -0.105. The van der Waals surface area contributed by atoms with Crippen LogP contribution in [0, 0.1) is 0 Å². The number of carbonyl (C=O) groups is 2. The quantitative estimate of drug-likeness (QED) is 0.773. The molecule has 0 saturated heterocycles. The zero-order valence-electron chi connectivity index (χ0n) is 14.0. The standard InChI is InChI=1S/C20H17N3O2S/c24-19(15-5-8-21-9-6-15)22-17-4-3-14-7-10-23(13-16(14)12-17)20(25)18-2-1-11-26-18/h1-6,8-9,11-12H,7,10,13H2,(H,22,24). The Morgan fingerprint density at radius 1 is 1.08 bits per heavy atom. The molecule has 1 aromatic carbocycles. The number of nitrogens with zero attached hydrogens (tertiary/aromatic N) is 2. The SMILES string of the molecule is O=C(Nc1ccc2c(c1)CN(C(=O)c1cccs1)CC2)c1ccncc1. The topological polar surface area (TPSA) is 62.3 Å². The summed E-state index contributed by atoms with van der Waals surface area (Å²) in [4.78, 5) is 31.4. The summed E-state index contributed by atoms with van der Waals surface area (Å²) in [5.41, 5.74) is 3.60. The van der Waals surface area contributed by atoms with E-state index in [9.17, 15) is 9.59 Å². The highest BCUT2D eigenvalue weighted by Gasteiger charge is 2.22. The van der Waals surface area contributed by atoms with Gasteiger partial charge >= 0.3 is 0 Å². The van der Waals surface area contributed by atoms with E-state index in [-0.39, 0.29) is 11.8 Å². The fourth-order valence-electron chi connectivity index (χ4n) is 3.07. The van der Waals surface area contributed by atoms with Crippen molar-refractivity contribution in [3.63, 3.8) is 0 Å². The molecule has 3 aromatic rings. The van der Waals surface area contributed by atoms with Crippen LogP contribution in [0.2, 0.25) is 0 Å². The minimum atomic E-state index is -0.172. The smallest absolute Gasteiger partial charge is 0.264 e. The van der Waals surface area contributed by atoms with Crippen LogP contribution in [0.1, 0.15) is 31.2 Å². The number of hydrogen-bond donors (Lipinski definition) is 1. The number of fused-ring (bicyclic) bond motifs is 1. The monoisotopic (exact) mass is 363 g/mol. The first kappa shape index (κ1) is 16.5. The minimum Gasteiger partial charge on any atom is -0.333 e. The third-order valence-corrected chi connectivity index (χ3v) is 5.30. The van der Waals surface area contributed by atoms with E-state index in [1.54, 1.807) is 24.5 Å². The molecular formula is C20H17N3O2S. The zero-order chi connectivity index (χ0) is 17.9. The van der Waals surface area contributed by atoms with E-state index in [1.165, 1.54) is 16.9 Å². The van der Waals surface area contributed by atoms with Gasteiger partial charge in [0.15, 0.2) is 0 Å². The fourth-order valence-corrected chi connectivity index (χ4v) is 3.76. The number of benzene rings is 1. The molecule has 0 radical (unpaired) electrons. The van der Waals surface area contributed by atoms with Crippen molar-refractivity contribution in [1.29, 1.82) is 0 Å². The molecule has 2 amide bonds. The van der Waals surface area contributed by atoms with Crippen molar-refractivity contribution in [2.75, 3.05) is 11.9 Å². The lowest BCUT2D eigenvalue weighted by atomic mass is 9.99. The molecule has 1 aliphatic heterocycles. The zero-order valence-corrected chi connectivity index (χ0v) is 14.8. The van der Waals surface area contributed by atoms with Gasteiger partial charge < -0.3 is 10.2 Å². The van der Waals surface area contributed by atoms with Crippen molar-refractivity contribution < 1.29 is 9.59 Å². The molecule has 26 heavy (non-hydrogen) atoms. The molecule has 0 fully saturated rings. The average molecular weight is 363 g/mol. The van der Waals surface area contributed by atoms with Crippen molar-refractivity contribution in [2.45, 2.75) is 13.0 Å². The van der Waals surface area contributed by atoms with Gasteiger partial charge in [-0.05, 0) is 53.3 Å². The number of thiophene rings is 1. The van der Waals surface area contributed by atoms with Crippen LogP contribution in [0.3, 0.4) is 0 Å². The summed E-state index contributed by atoms with van der Waals surface area (Å²) in [6.45, 7) is 1.28. The number of hydrogen-bond acceptors (Lipinski definition) is 4. The Morgan fingerprint density at radius 3 is 2.69 bits per heavy atom. The first-order valence-corrected chi connectivity index (χ1v) is 9.24. The first-order chi connectivity index (χ1) is 12.7. The minimum absolute atomic E-state index is 0.0666. The van der Waals surface area contributed by atoms with Crippen LogP contribution in [0.4, 0.5) is 5.69 Å². The van der Waals surface area contributed by atoms with Crippen molar-refractivity contribution in [1.82, 2.24) is 9.88 Å². The Hall–Kier alpha value is -2.99. The number of amides is 2. The van der Waals surface area contributed by atoms with Crippen LogP contribution in [-0.4, -0.2) is 28.2 Å². The molecule has 0 atom stereocenters. The van der Waals surface area contributed by atoms with Gasteiger partial charge in [-0.25, -0.2) is 0 Å². The fraction of sp³-hybridized carbons (Fsp3) is 0.150. The van der Waals surface area contributed by atoms with Crippen LogP contribution in [0.15, 0.2) is 60.2 Å². The van der Waals surface area contributed by atoms with Gasteiger partial charge in [0.1, 0.15) is 0 Å². The highest BCUT2D eigenvalue weighted by Crippen LogP contribution is 2.25. The maximum absolute atomic E-state index is 12.6. The average Bonchev–Trinajstić information content (AvgIpc) is 3.22. The van der Waals surface area contributed by atoms with E-state index in [0.29, 0.717) is 18.7 Å². The normalized spacial score (nSPS) is 13.2. The van der Waals surface area contributed by atoms with Gasteiger partial charge in [-0.3, -0.25) is 14.6 Å². The van der Waals surface area contributed by atoms with Crippen molar-refractivity contribution >= 4 is 28.8 Å². The van der Waals surface area contributed by atoms with Crippen molar-refractivity contribution in [3.8, 4) is 0 Å². The molecule has 4 rings (SSSR count). The third-order valence-electron chi connectivity index (χ3n) is 4.44. The summed E-state index contributed by atoms with van der Waals surface area (Å²) in [7, 11) is 0. The highest BCUT2D eigenvalue weighted by atomic mass is 32.1. The Bertz CT molecular complexity index is 939. The highest BCUT2D eigenvalue weighted by molar-refractivity contribution is 7.12. The molecule has 1 aliphatic rings. The molecule has 2 aromatic heterocycles. The van der Waals surface area contributed by atoms with E-state index >= 15 is 0 Å². The van der Waals surface area contributed by atoms with E-state index in [0.717, 1.165) is 22.5 Å². The van der Waals surface area contributed by atoms with Crippen LogP contribution >= 0.6 is 11.3 Å². The van der Waals surface area contributed by atoms with E-state index in [1.807, 2.05) is 40.6 Å². The van der Waals surface area contributed by atoms with Crippen LogP contribution in [0.5, 0.6) is 0 Å². The Kier molecular flexibility index (Phi) is 4.50. The molecule has 6 heteroatoms. The molecule has 5 nitrogen and oxygen atoms in total. The number of carbonyl (C=O) groups excluding carboxylic acids is 2. The second kappa shape index (κ2) is 7.09. The predicted octanol–water partition coefficient (Wildman–Crippen LogP) is 3.59. The maximum atomic E-state index is 12.6. The number of pyridine rings is 1. The Balaban J connectivity index is 1.51. The van der Waals surface area contributed by atoms with E-state index in [4.69, 9.17) is 0 Å². The first-order valence-electron chi connectivity index (χ1n) is 8.37. The van der Waals surface area contributed by atoms with Crippen molar-refractivity contribution in [3.05, 3.63) is 81.8 Å². The molecule has 0 aliphatic carbocycles. The van der Waals surface area contributed by atoms with Crippen LogP contribution < -0.4 is 5.32 Å². The molecule has 0 saturated carbocycles. The largest absolute Gasteiger partial charge is 0.333 e. The van der Waals surface area contributed by atoms with Gasteiger partial charge in [0.2, 0.25) is 0 Å². The lowest BCUT2D eigenvalue weighted by Gasteiger charge is -2.29. The Labute approximate surface area is 155 Å². The maximum Gasteiger partial charge on any atom is 0.264 e. The van der Waals surface area contributed by atoms with Gasteiger partial charge in [0.05, 0.1) is 4.88 Å². The summed E-state index contributed by atoms with van der Waals surface area (Å²) < 4.78 is 0. The van der Waals surface area contributed by atoms with Gasteiger partial charge in [-0.1, -0.05) is 12.1 Å². The predicted molar refractivity (Wildman–Crippen MR) is 101 cm³/mol. The van der Waals surface area contributed by atoms with E-state index in [2.05, 4.69) is 10.3 Å². The lowest BCUT2D eigenvalue weighted by molar-refractivity contribution is 0.0739. The number of anilines is 1. The Morgan fingerprint density at radius 2 is 1.92 bits per heavy atom. The molecule has 130 valence electrons. The summed E-state index contributed by atoms with van der Waals surface area (Å²) in [6.07, 6.45) is 4.01. The van der Waals surface area contributed by atoms with E-state index < -0.39 is 0 Å². The molecular weight excluding hydrogens is 346 g/mol. The van der Waals surface area contributed by atoms with Gasteiger partial charge in [-0.2, -0.15) is 0 Å². The van der Waals surface area contributed by atoms with Crippen molar-refractivity contribution in [2.24, 2.45) is 0 Å². The van der Waals surface area contributed by atoms with Crippen LogP contribution in [0.25, 0.3) is 0 Å². The summed E-state index contributed by atoms with van der Waals surface area (Å²) in [5, 5.41) is 4.83. The molecule has 0 unspecified atom stereocenters. The van der Waals surface area contributed by atoms with Gasteiger partial charge in [0.25, 0.3) is 11.8 Å². The lowest BCUT2D eigenvalue weighted by Crippen LogP contribution is -2.35. The van der Waals surface area contributed by atoms with Crippen LogP contribution in [-0.2, 0) is 13.0 Å². The molecule has 0 bridgehead atoms. The van der Waals surface area contributed by atoms with Gasteiger partial charge in [0, 0.05) is 36.7 Å². The summed E-state index contributed by atoms with van der Waals surface area (Å²) in [6, 6.07) is 13.0. The summed E-state index contributed by atoms with van der Waals surface area (Å²) >= 11 is 1.46. The molecule has 3 heterocycles. The molecule has 1 N–H and O–H groups in total. The third kappa shape index (κ3) is 3.36. The number of aromatic nitrogens is 1.